The van der Waals surface area contributed by atoms with Gasteiger partial charge >= 0.3 is 0 Å². The van der Waals surface area contributed by atoms with Crippen LogP contribution in [0.2, 0.25) is 0 Å². The van der Waals surface area contributed by atoms with Gasteiger partial charge in [-0.1, -0.05) is 24.6 Å². The summed E-state index contributed by atoms with van der Waals surface area (Å²) in [4.78, 5) is 16.9. The molecule has 4 heteroatoms. The number of nitrogens with zero attached hydrogens (tertiary/aromatic N) is 1. The van der Waals surface area contributed by atoms with Crippen molar-refractivity contribution in [2.75, 3.05) is 5.32 Å². The largest absolute Gasteiger partial charge is 0.327 e. The Morgan fingerprint density at radius 2 is 2.20 bits per heavy atom. The molecule has 4 nitrogen and oxygen atoms in total. The van der Waals surface area contributed by atoms with Crippen LogP contribution in [-0.2, 0) is 4.79 Å². The average molecular weight is 269 g/mol. The molecule has 1 fully saturated rings. The minimum Gasteiger partial charge on any atom is -0.327 e. The molecule has 0 aliphatic heterocycles. The first-order chi connectivity index (χ1) is 9.61. The molecule has 1 aliphatic rings. The summed E-state index contributed by atoms with van der Waals surface area (Å²) in [7, 11) is 0. The van der Waals surface area contributed by atoms with Gasteiger partial charge in [0.2, 0.25) is 5.91 Å². The second kappa shape index (κ2) is 4.87. The van der Waals surface area contributed by atoms with Crippen LogP contribution in [0.15, 0.2) is 36.5 Å². The molecule has 3 N–H and O–H groups in total. The minimum atomic E-state index is -0.475. The maximum atomic E-state index is 12.6. The highest BCUT2D eigenvalue weighted by molar-refractivity contribution is 6.02. The first-order valence-corrected chi connectivity index (χ1v) is 7.02. The number of pyridine rings is 1. The van der Waals surface area contributed by atoms with Crippen LogP contribution >= 0.6 is 0 Å². The smallest absolute Gasteiger partial charge is 0.231 e. The summed E-state index contributed by atoms with van der Waals surface area (Å²) in [6, 6.07) is 9.61. The molecule has 0 spiro atoms. The second-order valence-electron chi connectivity index (χ2n) is 5.75. The molecule has 1 aromatic carbocycles. The minimum absolute atomic E-state index is 0.000605. The summed E-state index contributed by atoms with van der Waals surface area (Å²) in [5, 5.41) is 4.04. The fraction of sp³-hybridized carbons (Fsp3) is 0.375. The number of fused-ring (bicyclic) bond motifs is 1. The lowest BCUT2D eigenvalue weighted by atomic mass is 9.84. The molecule has 1 saturated carbocycles. The number of benzene rings is 1. The van der Waals surface area contributed by atoms with Crippen LogP contribution in [-0.4, -0.2) is 16.9 Å². The number of nitrogens with two attached hydrogens (primary N) is 1. The van der Waals surface area contributed by atoms with Crippen LogP contribution in [0, 0.1) is 5.41 Å². The molecular weight excluding hydrogens is 250 g/mol. The predicted molar refractivity (Wildman–Crippen MR) is 80.3 cm³/mol. The second-order valence-corrected chi connectivity index (χ2v) is 5.75. The van der Waals surface area contributed by atoms with Crippen LogP contribution in [0.1, 0.15) is 26.2 Å². The van der Waals surface area contributed by atoms with Crippen LogP contribution in [0.25, 0.3) is 10.9 Å². The van der Waals surface area contributed by atoms with E-state index in [0.29, 0.717) is 0 Å². The number of anilines is 1. The summed E-state index contributed by atoms with van der Waals surface area (Å²) in [6.45, 7) is 1.96. The fourth-order valence-electron chi connectivity index (χ4n) is 2.95. The Bertz CT molecular complexity index is 650. The maximum Gasteiger partial charge on any atom is 0.231 e. The molecule has 1 aliphatic carbocycles. The Morgan fingerprint density at radius 3 is 2.95 bits per heavy atom. The highest BCUT2D eigenvalue weighted by Gasteiger charge is 2.43. The lowest BCUT2D eigenvalue weighted by Gasteiger charge is -2.27. The lowest BCUT2D eigenvalue weighted by Crippen LogP contribution is -2.44. The topological polar surface area (TPSA) is 68.0 Å². The standard InChI is InChI=1S/C16H19N3O/c1-16(9-3-8-13(16)17)15(20)19-12-7-2-5-11-6-4-10-18-14(11)12/h2,4-7,10,13H,3,8-9,17H2,1H3,(H,19,20). The third kappa shape index (κ3) is 2.06. The van der Waals surface area contributed by atoms with Gasteiger partial charge in [-0.3, -0.25) is 9.78 Å². The SMILES string of the molecule is CC1(C(=O)Nc2cccc3cccnc23)CCCC1N. The van der Waals surface area contributed by atoms with Crippen molar-refractivity contribution in [2.24, 2.45) is 11.1 Å². The predicted octanol–water partition coefficient (Wildman–Crippen LogP) is 2.69. The van der Waals surface area contributed by atoms with Crippen molar-refractivity contribution in [1.29, 1.82) is 0 Å². The summed E-state index contributed by atoms with van der Waals surface area (Å²) < 4.78 is 0. The van der Waals surface area contributed by atoms with E-state index in [1.165, 1.54) is 0 Å². The zero-order valence-corrected chi connectivity index (χ0v) is 11.6. The molecule has 2 unspecified atom stereocenters. The molecule has 1 heterocycles. The number of rotatable bonds is 2. The number of carbonyl (C=O) groups is 1. The van der Waals surface area contributed by atoms with Gasteiger partial charge in [0.25, 0.3) is 0 Å². The quantitative estimate of drug-likeness (QED) is 0.880. The molecule has 0 bridgehead atoms. The van der Waals surface area contributed by atoms with E-state index >= 15 is 0 Å². The van der Waals surface area contributed by atoms with E-state index in [4.69, 9.17) is 5.73 Å². The highest BCUT2D eigenvalue weighted by atomic mass is 16.2. The molecule has 1 aromatic heterocycles. The van der Waals surface area contributed by atoms with E-state index in [-0.39, 0.29) is 11.9 Å². The van der Waals surface area contributed by atoms with Gasteiger partial charge in [0, 0.05) is 17.6 Å². The molecule has 2 atom stereocenters. The summed E-state index contributed by atoms with van der Waals surface area (Å²) in [5.41, 5.74) is 7.20. The van der Waals surface area contributed by atoms with E-state index in [1.54, 1.807) is 6.20 Å². The molecule has 104 valence electrons. The number of para-hydroxylation sites is 1. The summed E-state index contributed by atoms with van der Waals surface area (Å²) in [5.74, 6) is 0.000605. The van der Waals surface area contributed by atoms with E-state index in [1.807, 2.05) is 37.3 Å². The van der Waals surface area contributed by atoms with Crippen molar-refractivity contribution in [3.8, 4) is 0 Å². The van der Waals surface area contributed by atoms with Crippen molar-refractivity contribution >= 4 is 22.5 Å². The normalized spacial score (nSPS) is 25.8. The lowest BCUT2D eigenvalue weighted by molar-refractivity contribution is -0.125. The molecule has 2 aromatic rings. The van der Waals surface area contributed by atoms with Crippen LogP contribution in [0.3, 0.4) is 0 Å². The van der Waals surface area contributed by atoms with Crippen molar-refractivity contribution < 1.29 is 4.79 Å². The molecule has 1 amide bonds. The zero-order chi connectivity index (χ0) is 14.2. The molecule has 0 saturated heterocycles. The van der Waals surface area contributed by atoms with Crippen molar-refractivity contribution in [2.45, 2.75) is 32.2 Å². The van der Waals surface area contributed by atoms with Crippen molar-refractivity contribution in [3.63, 3.8) is 0 Å². The van der Waals surface area contributed by atoms with Crippen molar-refractivity contribution in [1.82, 2.24) is 4.98 Å². The van der Waals surface area contributed by atoms with E-state index in [0.717, 1.165) is 35.9 Å². The first-order valence-electron chi connectivity index (χ1n) is 7.02. The van der Waals surface area contributed by atoms with E-state index < -0.39 is 5.41 Å². The van der Waals surface area contributed by atoms with Gasteiger partial charge in [-0.25, -0.2) is 0 Å². The van der Waals surface area contributed by atoms with E-state index in [9.17, 15) is 4.79 Å². The number of hydrogen-bond acceptors (Lipinski definition) is 3. The average Bonchev–Trinajstić information content (AvgIpc) is 2.80. The summed E-state index contributed by atoms with van der Waals surface area (Å²) >= 11 is 0. The Hall–Kier alpha value is -1.94. The number of carbonyl (C=O) groups excluding carboxylic acids is 1. The van der Waals surface area contributed by atoms with Gasteiger partial charge in [0.1, 0.15) is 0 Å². The number of aromatic nitrogens is 1. The first kappa shape index (κ1) is 13.1. The third-order valence-corrected chi connectivity index (χ3v) is 4.43. The molecule has 20 heavy (non-hydrogen) atoms. The van der Waals surface area contributed by atoms with Gasteiger partial charge in [0.15, 0.2) is 0 Å². The van der Waals surface area contributed by atoms with Gasteiger partial charge in [-0.05, 0) is 31.9 Å². The zero-order valence-electron chi connectivity index (χ0n) is 11.6. The Morgan fingerprint density at radius 1 is 1.40 bits per heavy atom. The van der Waals surface area contributed by atoms with Crippen LogP contribution in [0.5, 0.6) is 0 Å². The Kier molecular flexibility index (Phi) is 3.18. The molecule has 3 rings (SSSR count). The Balaban J connectivity index is 1.92. The number of hydrogen-bond donors (Lipinski definition) is 2. The van der Waals surface area contributed by atoms with Crippen LogP contribution in [0.4, 0.5) is 5.69 Å². The van der Waals surface area contributed by atoms with Crippen molar-refractivity contribution in [3.05, 3.63) is 36.5 Å². The monoisotopic (exact) mass is 269 g/mol. The van der Waals surface area contributed by atoms with Gasteiger partial charge < -0.3 is 11.1 Å². The van der Waals surface area contributed by atoms with Crippen LogP contribution < -0.4 is 11.1 Å². The number of nitrogens with one attached hydrogen (secondary N) is 1. The molecule has 0 radical (unpaired) electrons. The fourth-order valence-corrected chi connectivity index (χ4v) is 2.95. The van der Waals surface area contributed by atoms with Gasteiger partial charge in [-0.2, -0.15) is 0 Å². The van der Waals surface area contributed by atoms with Gasteiger partial charge in [-0.15, -0.1) is 0 Å². The highest BCUT2D eigenvalue weighted by Crippen LogP contribution is 2.38. The van der Waals surface area contributed by atoms with E-state index in [2.05, 4.69) is 10.3 Å². The maximum absolute atomic E-state index is 12.6. The Labute approximate surface area is 118 Å². The third-order valence-electron chi connectivity index (χ3n) is 4.43. The molecular formula is C16H19N3O. The van der Waals surface area contributed by atoms with Gasteiger partial charge in [0.05, 0.1) is 16.6 Å². The summed E-state index contributed by atoms with van der Waals surface area (Å²) in [6.07, 6.45) is 4.51. The number of amides is 1.